The number of carbonyl (C=O) groups excluding carboxylic acids is 1. The molecule has 33 heavy (non-hydrogen) atoms. The molecule has 0 fully saturated rings. The Labute approximate surface area is 197 Å². The first kappa shape index (κ1) is 22.7. The van der Waals surface area contributed by atoms with Crippen molar-refractivity contribution in [1.82, 2.24) is 4.72 Å². The molecule has 1 N–H and O–H groups in total. The van der Waals surface area contributed by atoms with Crippen molar-refractivity contribution in [1.29, 1.82) is 5.26 Å². The van der Waals surface area contributed by atoms with Gasteiger partial charge in [-0.25, -0.2) is 0 Å². The van der Waals surface area contributed by atoms with Gasteiger partial charge in [-0.3, -0.25) is 4.72 Å². The summed E-state index contributed by atoms with van der Waals surface area (Å²) >= 11 is 1.59. The highest BCUT2D eigenvalue weighted by Gasteiger charge is 2.29. The van der Waals surface area contributed by atoms with Crippen LogP contribution in [0.2, 0.25) is 0 Å². The standard InChI is InChI=1S/C26H24N2O4S/c1-28-33-17-20(13-14-29)19-7-11-22(12-8-19)32-25-16-30-26-23(25)3-2-4-24(26)31-21-9-5-18(15-27)6-10-21/h2-12,14,20,25,28H,13,16-17H2,1H3. The maximum Gasteiger partial charge on any atom is 0.169 e. The normalized spacial score (nSPS) is 15.1. The number of rotatable bonds is 10. The van der Waals surface area contributed by atoms with Gasteiger partial charge in [0.05, 0.1) is 11.6 Å². The van der Waals surface area contributed by atoms with Crippen molar-refractivity contribution in [3.05, 3.63) is 83.4 Å². The Hall–Kier alpha value is -3.47. The van der Waals surface area contributed by atoms with Crippen LogP contribution in [0.5, 0.6) is 23.0 Å². The van der Waals surface area contributed by atoms with Crippen LogP contribution < -0.4 is 18.9 Å². The number of carbonyl (C=O) groups is 1. The predicted octanol–water partition coefficient (Wildman–Crippen LogP) is 5.40. The van der Waals surface area contributed by atoms with E-state index >= 15 is 0 Å². The number of para-hydroxylation sites is 1. The molecule has 7 heteroatoms. The lowest BCUT2D eigenvalue weighted by atomic mass is 9.98. The summed E-state index contributed by atoms with van der Waals surface area (Å²) in [5.74, 6) is 3.63. The third-order valence-electron chi connectivity index (χ3n) is 5.39. The van der Waals surface area contributed by atoms with Gasteiger partial charge in [-0.05, 0) is 55.1 Å². The maximum absolute atomic E-state index is 11.0. The number of benzene rings is 3. The average Bonchev–Trinajstić information content (AvgIpc) is 3.26. The minimum atomic E-state index is -0.249. The SMILES string of the molecule is CNSCC(CC=O)c1ccc(OC2COc3c(Oc4ccc(C#N)cc4)cccc32)cc1. The van der Waals surface area contributed by atoms with E-state index in [9.17, 15) is 4.79 Å². The van der Waals surface area contributed by atoms with Crippen LogP contribution >= 0.6 is 11.9 Å². The number of aldehydes is 1. The molecule has 0 saturated heterocycles. The summed E-state index contributed by atoms with van der Waals surface area (Å²) in [5.41, 5.74) is 2.61. The van der Waals surface area contributed by atoms with Crippen LogP contribution in [0, 0.1) is 11.3 Å². The van der Waals surface area contributed by atoms with E-state index in [-0.39, 0.29) is 12.0 Å². The molecule has 0 saturated carbocycles. The molecule has 0 spiro atoms. The molecule has 0 radical (unpaired) electrons. The molecule has 0 aliphatic carbocycles. The number of hydrogen-bond donors (Lipinski definition) is 1. The Kier molecular flexibility index (Phi) is 7.51. The van der Waals surface area contributed by atoms with Crippen LogP contribution in [0.4, 0.5) is 0 Å². The molecule has 1 aliphatic rings. The fourth-order valence-electron chi connectivity index (χ4n) is 3.68. The molecular weight excluding hydrogens is 436 g/mol. The van der Waals surface area contributed by atoms with Gasteiger partial charge in [0.2, 0.25) is 0 Å². The van der Waals surface area contributed by atoms with Crippen molar-refractivity contribution < 1.29 is 19.0 Å². The van der Waals surface area contributed by atoms with Gasteiger partial charge in [-0.2, -0.15) is 5.26 Å². The zero-order valence-corrected chi connectivity index (χ0v) is 19.0. The van der Waals surface area contributed by atoms with Crippen LogP contribution in [0.25, 0.3) is 0 Å². The highest BCUT2D eigenvalue weighted by atomic mass is 32.2. The fraction of sp³-hybridized carbons (Fsp3) is 0.231. The van der Waals surface area contributed by atoms with E-state index in [1.165, 1.54) is 0 Å². The Bertz CT molecular complexity index is 1130. The van der Waals surface area contributed by atoms with E-state index in [4.69, 9.17) is 19.5 Å². The van der Waals surface area contributed by atoms with Crippen molar-refractivity contribution in [2.45, 2.75) is 18.4 Å². The Morgan fingerprint density at radius 3 is 2.61 bits per heavy atom. The smallest absolute Gasteiger partial charge is 0.169 e. The summed E-state index contributed by atoms with van der Waals surface area (Å²) in [6, 6.07) is 22.7. The number of nitrogens with zero attached hydrogens (tertiary/aromatic N) is 1. The Morgan fingerprint density at radius 1 is 1.15 bits per heavy atom. The van der Waals surface area contributed by atoms with E-state index in [0.29, 0.717) is 35.8 Å². The Morgan fingerprint density at radius 2 is 1.91 bits per heavy atom. The first-order valence-corrected chi connectivity index (χ1v) is 11.6. The highest BCUT2D eigenvalue weighted by Crippen LogP contribution is 2.43. The van der Waals surface area contributed by atoms with Gasteiger partial charge in [-0.15, -0.1) is 0 Å². The number of nitrogens with one attached hydrogen (secondary N) is 1. The zero-order chi connectivity index (χ0) is 23.0. The Balaban J connectivity index is 1.45. The van der Waals surface area contributed by atoms with Crippen molar-refractivity contribution in [3.8, 4) is 29.1 Å². The third-order valence-corrected chi connectivity index (χ3v) is 6.24. The van der Waals surface area contributed by atoms with Crippen LogP contribution in [0.3, 0.4) is 0 Å². The summed E-state index contributed by atoms with van der Waals surface area (Å²) in [6.45, 7) is 0.386. The molecule has 1 heterocycles. The molecule has 6 nitrogen and oxygen atoms in total. The molecule has 1 aliphatic heterocycles. The fourth-order valence-corrected chi connectivity index (χ4v) is 4.37. The summed E-state index contributed by atoms with van der Waals surface area (Å²) in [7, 11) is 1.88. The van der Waals surface area contributed by atoms with E-state index in [2.05, 4.69) is 10.8 Å². The second-order valence-electron chi connectivity index (χ2n) is 7.51. The largest absolute Gasteiger partial charge is 0.485 e. The first-order chi connectivity index (χ1) is 16.2. The van der Waals surface area contributed by atoms with Crippen molar-refractivity contribution in [2.75, 3.05) is 19.4 Å². The average molecular weight is 461 g/mol. The molecule has 0 amide bonds. The molecular formula is C26H24N2O4S. The van der Waals surface area contributed by atoms with Gasteiger partial charge < -0.3 is 19.0 Å². The molecule has 2 atom stereocenters. The summed E-state index contributed by atoms with van der Waals surface area (Å²) in [4.78, 5) is 11.0. The van der Waals surface area contributed by atoms with Gasteiger partial charge in [0.25, 0.3) is 0 Å². The highest BCUT2D eigenvalue weighted by molar-refractivity contribution is 7.97. The lowest BCUT2D eigenvalue weighted by molar-refractivity contribution is -0.108. The third kappa shape index (κ3) is 5.48. The zero-order valence-electron chi connectivity index (χ0n) is 18.2. The quantitative estimate of drug-likeness (QED) is 0.320. The topological polar surface area (TPSA) is 80.6 Å². The van der Waals surface area contributed by atoms with Crippen molar-refractivity contribution in [3.63, 3.8) is 0 Å². The van der Waals surface area contributed by atoms with Gasteiger partial charge in [0.15, 0.2) is 17.6 Å². The lowest BCUT2D eigenvalue weighted by Gasteiger charge is -2.16. The number of fused-ring (bicyclic) bond motifs is 1. The molecule has 3 aromatic carbocycles. The van der Waals surface area contributed by atoms with E-state index in [0.717, 1.165) is 28.9 Å². The van der Waals surface area contributed by atoms with Crippen molar-refractivity contribution >= 4 is 18.2 Å². The number of ether oxygens (including phenoxy) is 3. The van der Waals surface area contributed by atoms with Gasteiger partial charge in [0.1, 0.15) is 24.4 Å². The summed E-state index contributed by atoms with van der Waals surface area (Å²) in [5, 5.41) is 8.95. The van der Waals surface area contributed by atoms with Crippen LogP contribution in [0.15, 0.2) is 66.7 Å². The van der Waals surface area contributed by atoms with Crippen LogP contribution in [0.1, 0.15) is 35.1 Å². The van der Waals surface area contributed by atoms with Gasteiger partial charge >= 0.3 is 0 Å². The molecule has 4 rings (SSSR count). The van der Waals surface area contributed by atoms with Crippen LogP contribution in [-0.2, 0) is 4.79 Å². The number of hydrogen-bond acceptors (Lipinski definition) is 7. The molecule has 2 unspecified atom stereocenters. The summed E-state index contributed by atoms with van der Waals surface area (Å²) in [6.07, 6.45) is 1.21. The van der Waals surface area contributed by atoms with E-state index in [1.54, 1.807) is 36.2 Å². The lowest BCUT2D eigenvalue weighted by Crippen LogP contribution is -2.09. The second-order valence-corrected chi connectivity index (χ2v) is 8.54. The summed E-state index contributed by atoms with van der Waals surface area (Å²) < 4.78 is 21.2. The molecule has 3 aromatic rings. The van der Waals surface area contributed by atoms with Crippen LogP contribution in [-0.4, -0.2) is 25.7 Å². The van der Waals surface area contributed by atoms with Crippen molar-refractivity contribution in [2.24, 2.45) is 0 Å². The molecule has 0 bridgehead atoms. The maximum atomic E-state index is 11.0. The molecule has 168 valence electrons. The minimum Gasteiger partial charge on any atom is -0.485 e. The van der Waals surface area contributed by atoms with Gasteiger partial charge in [-0.1, -0.05) is 36.2 Å². The monoisotopic (exact) mass is 460 g/mol. The number of nitriles is 1. The molecule has 0 aromatic heterocycles. The predicted molar refractivity (Wildman–Crippen MR) is 128 cm³/mol. The second kappa shape index (κ2) is 10.9. The van der Waals surface area contributed by atoms with Gasteiger partial charge in [0, 0.05) is 23.7 Å². The minimum absolute atomic E-state index is 0.159. The first-order valence-electron chi connectivity index (χ1n) is 10.6. The van der Waals surface area contributed by atoms with E-state index < -0.39 is 0 Å². The van der Waals surface area contributed by atoms with E-state index in [1.807, 2.05) is 49.5 Å².